The third-order valence-corrected chi connectivity index (χ3v) is 5.93. The molecule has 0 bridgehead atoms. The maximum Gasteiger partial charge on any atom is 0.322 e. The van der Waals surface area contributed by atoms with E-state index in [4.69, 9.17) is 30.5 Å². The molecule has 1 fully saturated rings. The van der Waals surface area contributed by atoms with Gasteiger partial charge in [-0.3, -0.25) is 19.2 Å². The number of hydrogen-bond donors (Lipinski definition) is 9. The Morgan fingerprint density at radius 3 is 2.39 bits per heavy atom. The number of nitrogens with one attached hydrogen (secondary N) is 2. The summed E-state index contributed by atoms with van der Waals surface area (Å²) in [5.41, 5.74) is 5.35. The van der Waals surface area contributed by atoms with Crippen molar-refractivity contribution in [3.63, 3.8) is 0 Å². The first-order valence-electron chi connectivity index (χ1n) is 10.9. The molecular weight excluding hydrogens is 506 g/mol. The minimum atomic E-state index is -1.56. The number of amides is 2. The summed E-state index contributed by atoms with van der Waals surface area (Å²) >= 11 is 1.22. The van der Waals surface area contributed by atoms with E-state index in [1.807, 2.05) is 0 Å². The summed E-state index contributed by atoms with van der Waals surface area (Å²) in [6.07, 6.45) is -4.12. The molecule has 0 spiro atoms. The summed E-state index contributed by atoms with van der Waals surface area (Å²) in [4.78, 5) is 45.8. The fraction of sp³-hybridized carbons (Fsp3) is 0.700. The Morgan fingerprint density at radius 1 is 1.08 bits per heavy atom. The van der Waals surface area contributed by atoms with Gasteiger partial charge in [-0.15, -0.1) is 0 Å². The zero-order valence-electron chi connectivity index (χ0n) is 19.3. The number of rotatable bonds is 16. The van der Waals surface area contributed by atoms with Crippen molar-refractivity contribution in [1.29, 1.82) is 0 Å². The molecular formula is C20H33N3O12S. The molecule has 0 aromatic heterocycles. The molecule has 0 aromatic rings. The number of nitrogens with two attached hydrogens (primary N) is 1. The molecule has 1 aliphatic rings. The number of hydrogen-bond acceptors (Lipinski definition) is 12. The normalized spacial score (nSPS) is 25.8. The third-order valence-electron chi connectivity index (χ3n) is 4.94. The molecule has 36 heavy (non-hydrogen) atoms. The first kappa shape index (κ1) is 31.7. The molecule has 0 aromatic carbocycles. The highest BCUT2D eigenvalue weighted by molar-refractivity contribution is 7.99. The van der Waals surface area contributed by atoms with Gasteiger partial charge >= 0.3 is 11.9 Å². The molecule has 1 saturated heterocycles. The van der Waals surface area contributed by atoms with Gasteiger partial charge in [0.05, 0.1) is 13.2 Å². The Hall–Kier alpha value is -2.31. The van der Waals surface area contributed by atoms with Crippen molar-refractivity contribution in [2.45, 2.75) is 55.6 Å². The highest BCUT2D eigenvalue weighted by Gasteiger charge is 2.43. The minimum Gasteiger partial charge on any atom is -0.480 e. The monoisotopic (exact) mass is 539 g/mol. The van der Waals surface area contributed by atoms with Crippen molar-refractivity contribution in [3.05, 3.63) is 12.2 Å². The van der Waals surface area contributed by atoms with E-state index in [2.05, 4.69) is 10.6 Å². The quantitative estimate of drug-likeness (QED) is 0.0668. The average Bonchev–Trinajstić information content (AvgIpc) is 2.83. The van der Waals surface area contributed by atoms with Crippen molar-refractivity contribution in [3.8, 4) is 0 Å². The van der Waals surface area contributed by atoms with E-state index in [0.29, 0.717) is 5.75 Å². The lowest BCUT2D eigenvalue weighted by Gasteiger charge is -2.39. The van der Waals surface area contributed by atoms with Crippen LogP contribution >= 0.6 is 11.8 Å². The Kier molecular flexibility index (Phi) is 14.5. The number of carboxylic acids is 2. The number of carbonyl (C=O) groups is 4. The van der Waals surface area contributed by atoms with Gasteiger partial charge in [0.25, 0.3) is 0 Å². The van der Waals surface area contributed by atoms with Gasteiger partial charge in [0, 0.05) is 17.9 Å². The minimum absolute atomic E-state index is 0.0493. The molecule has 1 aliphatic heterocycles. The van der Waals surface area contributed by atoms with Crippen LogP contribution in [0.4, 0.5) is 0 Å². The zero-order valence-corrected chi connectivity index (χ0v) is 20.1. The number of carbonyl (C=O) groups excluding carboxylic acids is 2. The molecule has 206 valence electrons. The van der Waals surface area contributed by atoms with E-state index >= 15 is 0 Å². The van der Waals surface area contributed by atoms with Crippen LogP contribution in [-0.2, 0) is 28.7 Å². The zero-order chi connectivity index (χ0) is 27.3. The molecule has 16 heteroatoms. The SMILES string of the molecule is N[C@@H](CCC(=O)N[C@@H](CSCC=CCO[C@@H]1OC(CO)[C@@H](O)[C@H](O)C1O)C(=O)NCC(=O)O)C(=O)O. The van der Waals surface area contributed by atoms with E-state index in [1.165, 1.54) is 11.8 Å². The van der Waals surface area contributed by atoms with Crippen molar-refractivity contribution in [1.82, 2.24) is 10.6 Å². The maximum atomic E-state index is 12.2. The van der Waals surface area contributed by atoms with Gasteiger partial charge in [-0.2, -0.15) is 11.8 Å². The molecule has 10 N–H and O–H groups in total. The summed E-state index contributed by atoms with van der Waals surface area (Å²) < 4.78 is 10.5. The van der Waals surface area contributed by atoms with Crippen LogP contribution < -0.4 is 16.4 Å². The van der Waals surface area contributed by atoms with Gasteiger partial charge in [-0.05, 0) is 6.42 Å². The predicted octanol–water partition coefficient (Wildman–Crippen LogP) is -4.03. The van der Waals surface area contributed by atoms with E-state index in [9.17, 15) is 34.5 Å². The van der Waals surface area contributed by atoms with E-state index in [0.717, 1.165) is 0 Å². The van der Waals surface area contributed by atoms with Gasteiger partial charge < -0.3 is 56.5 Å². The lowest BCUT2D eigenvalue weighted by molar-refractivity contribution is -0.298. The van der Waals surface area contributed by atoms with Crippen molar-refractivity contribution >= 4 is 35.5 Å². The van der Waals surface area contributed by atoms with E-state index < -0.39 is 79.7 Å². The van der Waals surface area contributed by atoms with Crippen LogP contribution in [0.3, 0.4) is 0 Å². The Labute approximate surface area is 210 Å². The number of aliphatic carboxylic acids is 2. The second-order valence-corrected chi connectivity index (χ2v) is 8.83. The standard InChI is InChI=1S/C20H33N3O12S/c21-10(19(32)33)3-4-13(25)23-11(18(31)22-7-14(26)27)9-36-6-2-1-5-34-20-17(30)16(29)15(28)12(8-24)35-20/h1-2,10-12,15-17,20,24,28-30H,3-9,21H2,(H,22,31)(H,23,25)(H,26,27)(H,32,33)/t10-,11-,12?,15+,16-,17?,20+/m0/s1. The first-order chi connectivity index (χ1) is 17.0. The molecule has 0 radical (unpaired) electrons. The van der Waals surface area contributed by atoms with Crippen molar-refractivity contribution in [2.75, 3.05) is 31.3 Å². The number of aliphatic hydroxyl groups excluding tert-OH is 4. The second kappa shape index (κ2) is 16.4. The summed E-state index contributed by atoms with van der Waals surface area (Å²) in [5.74, 6) is -3.46. The van der Waals surface area contributed by atoms with Gasteiger partial charge in [0.1, 0.15) is 43.0 Å². The molecule has 2 unspecified atom stereocenters. The Balaban J connectivity index is 2.49. The molecule has 0 saturated carbocycles. The number of ether oxygens (including phenoxy) is 2. The third kappa shape index (κ3) is 11.2. The van der Waals surface area contributed by atoms with E-state index in [-0.39, 0.29) is 25.2 Å². The highest BCUT2D eigenvalue weighted by atomic mass is 32.2. The maximum absolute atomic E-state index is 12.2. The molecule has 2 amide bonds. The fourth-order valence-electron chi connectivity index (χ4n) is 2.89. The Morgan fingerprint density at radius 2 is 1.78 bits per heavy atom. The molecule has 15 nitrogen and oxygen atoms in total. The van der Waals surface area contributed by atoms with Crippen LogP contribution in [0.15, 0.2) is 12.2 Å². The van der Waals surface area contributed by atoms with Crippen LogP contribution in [0.2, 0.25) is 0 Å². The number of carboxylic acid groups (broad SMARTS) is 2. The fourth-order valence-corrected chi connectivity index (χ4v) is 3.77. The molecule has 7 atom stereocenters. The lowest BCUT2D eigenvalue weighted by atomic mass is 9.99. The van der Waals surface area contributed by atoms with Gasteiger partial charge in [0.15, 0.2) is 6.29 Å². The first-order valence-corrected chi connectivity index (χ1v) is 12.1. The summed E-state index contributed by atoms with van der Waals surface area (Å²) in [6.45, 7) is -1.28. The highest BCUT2D eigenvalue weighted by Crippen LogP contribution is 2.21. The van der Waals surface area contributed by atoms with Crippen molar-refractivity contribution in [2.24, 2.45) is 5.73 Å². The largest absolute Gasteiger partial charge is 0.480 e. The average molecular weight is 540 g/mol. The van der Waals surface area contributed by atoms with Crippen LogP contribution in [0.1, 0.15) is 12.8 Å². The summed E-state index contributed by atoms with van der Waals surface area (Å²) in [6, 6.07) is -2.32. The second-order valence-electron chi connectivity index (χ2n) is 7.75. The van der Waals surface area contributed by atoms with Crippen molar-refractivity contribution < 1.29 is 59.3 Å². The lowest BCUT2D eigenvalue weighted by Crippen LogP contribution is -2.59. The van der Waals surface area contributed by atoms with Crippen LogP contribution in [0.5, 0.6) is 0 Å². The Bertz CT molecular complexity index is 768. The smallest absolute Gasteiger partial charge is 0.322 e. The summed E-state index contributed by atoms with van der Waals surface area (Å²) in [7, 11) is 0. The van der Waals surface area contributed by atoms with Crippen LogP contribution in [-0.4, -0.2) is 128 Å². The summed E-state index contributed by atoms with van der Waals surface area (Å²) in [5, 5.41) is 60.6. The van der Waals surface area contributed by atoms with Crippen LogP contribution in [0, 0.1) is 0 Å². The predicted molar refractivity (Wildman–Crippen MR) is 124 cm³/mol. The molecule has 1 rings (SSSR count). The number of thioether (sulfide) groups is 1. The van der Waals surface area contributed by atoms with Crippen LogP contribution in [0.25, 0.3) is 0 Å². The number of aliphatic hydroxyl groups is 4. The molecule has 1 heterocycles. The van der Waals surface area contributed by atoms with Gasteiger partial charge in [0.2, 0.25) is 11.8 Å². The van der Waals surface area contributed by atoms with Gasteiger partial charge in [-0.25, -0.2) is 0 Å². The van der Waals surface area contributed by atoms with Gasteiger partial charge in [-0.1, -0.05) is 12.2 Å². The topological polar surface area (TPSA) is 258 Å². The molecule has 0 aliphatic carbocycles. The van der Waals surface area contributed by atoms with E-state index in [1.54, 1.807) is 12.2 Å².